The van der Waals surface area contributed by atoms with Crippen LogP contribution < -0.4 is 0 Å². The zero-order valence-corrected chi connectivity index (χ0v) is 11.4. The average molecular weight is 255 g/mol. The lowest BCUT2D eigenvalue weighted by atomic mass is 10.2. The predicted octanol–water partition coefficient (Wildman–Crippen LogP) is 1.01. The fourth-order valence-electron chi connectivity index (χ4n) is 1.44. The molecule has 1 rings (SSSR count). The summed E-state index contributed by atoms with van der Waals surface area (Å²) >= 11 is 0. The molecular formula is C13H21NO4. The van der Waals surface area contributed by atoms with Crippen molar-refractivity contribution < 1.29 is 19.4 Å². The van der Waals surface area contributed by atoms with Crippen LogP contribution in [0, 0.1) is 11.8 Å². The molecule has 0 aromatic carbocycles. The molecule has 0 saturated carbocycles. The molecule has 0 radical (unpaired) electrons. The van der Waals surface area contributed by atoms with Crippen molar-refractivity contribution in [3.8, 4) is 11.8 Å². The van der Waals surface area contributed by atoms with Crippen molar-refractivity contribution in [2.75, 3.05) is 19.7 Å². The van der Waals surface area contributed by atoms with Gasteiger partial charge in [0.15, 0.2) is 0 Å². The molecule has 5 heteroatoms. The molecule has 0 aliphatic carbocycles. The highest BCUT2D eigenvalue weighted by molar-refractivity contribution is 5.68. The lowest BCUT2D eigenvalue weighted by Crippen LogP contribution is -2.47. The molecule has 1 aliphatic heterocycles. The van der Waals surface area contributed by atoms with E-state index in [4.69, 9.17) is 14.6 Å². The van der Waals surface area contributed by atoms with Crippen molar-refractivity contribution in [2.45, 2.75) is 45.5 Å². The van der Waals surface area contributed by atoms with Crippen molar-refractivity contribution in [3.63, 3.8) is 0 Å². The highest BCUT2D eigenvalue weighted by Crippen LogP contribution is 2.12. The summed E-state index contributed by atoms with van der Waals surface area (Å²) in [6, 6.07) is 0. The first-order valence-electron chi connectivity index (χ1n) is 6.06. The predicted molar refractivity (Wildman–Crippen MR) is 67.0 cm³/mol. The number of ether oxygens (including phenoxy) is 2. The molecule has 5 nitrogen and oxygen atoms in total. The number of hydrogen-bond acceptors (Lipinski definition) is 4. The number of rotatable bonds is 0. The number of nitrogens with zero attached hydrogens (tertiary/aromatic N) is 1. The minimum absolute atomic E-state index is 0.352. The van der Waals surface area contributed by atoms with Gasteiger partial charge in [-0.15, -0.1) is 0 Å². The Morgan fingerprint density at radius 1 is 1.56 bits per heavy atom. The van der Waals surface area contributed by atoms with Gasteiger partial charge in [-0.05, 0) is 27.7 Å². The van der Waals surface area contributed by atoms with Gasteiger partial charge in [0.1, 0.15) is 17.8 Å². The SMILES string of the molecule is CC(O)C#C[C@H]1CN(C(=O)OC(C)(C)C)CCO1. The van der Waals surface area contributed by atoms with Crippen molar-refractivity contribution >= 4 is 6.09 Å². The zero-order valence-electron chi connectivity index (χ0n) is 11.4. The average Bonchev–Trinajstić information content (AvgIpc) is 2.24. The van der Waals surface area contributed by atoms with E-state index in [1.54, 1.807) is 11.8 Å². The van der Waals surface area contributed by atoms with Gasteiger partial charge in [0.2, 0.25) is 0 Å². The molecule has 1 amide bonds. The summed E-state index contributed by atoms with van der Waals surface area (Å²) in [5, 5.41) is 9.08. The summed E-state index contributed by atoms with van der Waals surface area (Å²) in [4.78, 5) is 13.4. The van der Waals surface area contributed by atoms with Crippen LogP contribution in [0.5, 0.6) is 0 Å². The molecule has 1 fully saturated rings. The van der Waals surface area contributed by atoms with E-state index in [0.717, 1.165) is 0 Å². The van der Waals surface area contributed by atoms with Crippen molar-refractivity contribution in [2.24, 2.45) is 0 Å². The number of morpholine rings is 1. The Bertz CT molecular complexity index is 348. The van der Waals surface area contributed by atoms with Crippen LogP contribution >= 0.6 is 0 Å². The third-order valence-corrected chi connectivity index (χ3v) is 2.17. The van der Waals surface area contributed by atoms with E-state index < -0.39 is 11.7 Å². The Hall–Kier alpha value is -1.25. The van der Waals surface area contributed by atoms with Gasteiger partial charge in [-0.3, -0.25) is 0 Å². The van der Waals surface area contributed by atoms with E-state index in [9.17, 15) is 4.79 Å². The molecule has 102 valence electrons. The summed E-state index contributed by atoms with van der Waals surface area (Å²) in [5.74, 6) is 5.42. The van der Waals surface area contributed by atoms with Gasteiger partial charge in [-0.2, -0.15) is 0 Å². The van der Waals surface area contributed by atoms with E-state index in [1.165, 1.54) is 0 Å². The molecule has 1 saturated heterocycles. The van der Waals surface area contributed by atoms with E-state index in [0.29, 0.717) is 19.7 Å². The van der Waals surface area contributed by atoms with Gasteiger partial charge in [-0.1, -0.05) is 11.8 Å². The first-order valence-corrected chi connectivity index (χ1v) is 6.06. The molecule has 1 heterocycles. The maximum Gasteiger partial charge on any atom is 0.410 e. The first-order chi connectivity index (χ1) is 8.28. The Labute approximate surface area is 108 Å². The summed E-state index contributed by atoms with van der Waals surface area (Å²) < 4.78 is 10.7. The fraction of sp³-hybridized carbons (Fsp3) is 0.769. The van der Waals surface area contributed by atoms with Gasteiger partial charge in [0.05, 0.1) is 13.2 Å². The molecule has 0 aromatic rings. The number of carbonyl (C=O) groups excluding carboxylic acids is 1. The number of aliphatic hydroxyl groups is 1. The summed E-state index contributed by atoms with van der Waals surface area (Å²) in [6.45, 7) is 8.37. The lowest BCUT2D eigenvalue weighted by Gasteiger charge is -2.32. The third-order valence-electron chi connectivity index (χ3n) is 2.17. The Morgan fingerprint density at radius 3 is 2.78 bits per heavy atom. The van der Waals surface area contributed by atoms with Crippen molar-refractivity contribution in [1.82, 2.24) is 4.90 Å². The Balaban J connectivity index is 2.54. The molecule has 0 bridgehead atoms. The minimum atomic E-state index is -0.689. The molecule has 1 N–H and O–H groups in total. The highest BCUT2D eigenvalue weighted by atomic mass is 16.6. The van der Waals surface area contributed by atoms with Crippen LogP contribution in [-0.2, 0) is 9.47 Å². The second-order valence-corrected chi connectivity index (χ2v) is 5.25. The van der Waals surface area contributed by atoms with Gasteiger partial charge >= 0.3 is 6.09 Å². The monoisotopic (exact) mass is 255 g/mol. The summed E-state index contributed by atoms with van der Waals surface area (Å²) in [7, 11) is 0. The first kappa shape index (κ1) is 14.8. The van der Waals surface area contributed by atoms with Gasteiger partial charge < -0.3 is 19.5 Å². The number of carbonyl (C=O) groups is 1. The largest absolute Gasteiger partial charge is 0.444 e. The van der Waals surface area contributed by atoms with E-state index in [2.05, 4.69) is 11.8 Å². The van der Waals surface area contributed by atoms with Gasteiger partial charge in [0, 0.05) is 6.54 Å². The fourth-order valence-corrected chi connectivity index (χ4v) is 1.44. The van der Waals surface area contributed by atoms with Crippen LogP contribution in [0.25, 0.3) is 0 Å². The maximum absolute atomic E-state index is 11.8. The normalized spacial score (nSPS) is 21.8. The Morgan fingerprint density at radius 2 is 2.22 bits per heavy atom. The summed E-state index contributed by atoms with van der Waals surface area (Å²) in [6.07, 6.45) is -1.40. The van der Waals surface area contributed by atoms with E-state index >= 15 is 0 Å². The van der Waals surface area contributed by atoms with E-state index in [1.807, 2.05) is 20.8 Å². The third kappa shape index (κ3) is 5.39. The molecule has 2 atom stereocenters. The van der Waals surface area contributed by atoms with Crippen LogP contribution in [0.2, 0.25) is 0 Å². The smallest absolute Gasteiger partial charge is 0.410 e. The minimum Gasteiger partial charge on any atom is -0.444 e. The molecular weight excluding hydrogens is 234 g/mol. The second kappa shape index (κ2) is 6.07. The number of aliphatic hydroxyl groups excluding tert-OH is 1. The van der Waals surface area contributed by atoms with Crippen LogP contribution in [0.15, 0.2) is 0 Å². The van der Waals surface area contributed by atoms with Gasteiger partial charge in [0.25, 0.3) is 0 Å². The lowest BCUT2D eigenvalue weighted by molar-refractivity contribution is -0.0237. The van der Waals surface area contributed by atoms with Crippen LogP contribution in [0.4, 0.5) is 4.79 Å². The molecule has 0 spiro atoms. The second-order valence-electron chi connectivity index (χ2n) is 5.25. The highest BCUT2D eigenvalue weighted by Gasteiger charge is 2.27. The van der Waals surface area contributed by atoms with Gasteiger partial charge in [-0.25, -0.2) is 4.79 Å². The van der Waals surface area contributed by atoms with Crippen LogP contribution in [0.1, 0.15) is 27.7 Å². The zero-order chi connectivity index (χ0) is 13.8. The maximum atomic E-state index is 11.8. The molecule has 18 heavy (non-hydrogen) atoms. The number of hydrogen-bond donors (Lipinski definition) is 1. The van der Waals surface area contributed by atoms with Crippen molar-refractivity contribution in [3.05, 3.63) is 0 Å². The Kier molecular flexibility index (Phi) is 5.00. The van der Waals surface area contributed by atoms with Crippen LogP contribution in [0.3, 0.4) is 0 Å². The summed E-state index contributed by atoms with van der Waals surface area (Å²) in [5.41, 5.74) is -0.504. The molecule has 0 aromatic heterocycles. The van der Waals surface area contributed by atoms with Crippen molar-refractivity contribution in [1.29, 1.82) is 0 Å². The van der Waals surface area contributed by atoms with Crippen LogP contribution in [-0.4, -0.2) is 53.6 Å². The topological polar surface area (TPSA) is 59.0 Å². The van der Waals surface area contributed by atoms with E-state index in [-0.39, 0.29) is 12.2 Å². The quantitative estimate of drug-likeness (QED) is 0.656. The molecule has 1 unspecified atom stereocenters. The number of amides is 1. The molecule has 1 aliphatic rings. The standard InChI is InChI=1S/C13H21NO4/c1-10(15)5-6-11-9-14(7-8-17-11)12(16)18-13(2,3)4/h10-11,15H,7-9H2,1-4H3/t10?,11-/m0/s1.